The molecule has 0 N–H and O–H groups in total. The zero-order valence-corrected chi connectivity index (χ0v) is 59.3. The zero-order valence-electron chi connectivity index (χ0n) is 59.3. The molecule has 0 fully saturated rings. The van der Waals surface area contributed by atoms with Gasteiger partial charge >= 0.3 is 13.7 Å². The Morgan fingerprint density at radius 3 is 0.890 bits per heavy atom. The van der Waals surface area contributed by atoms with Crippen LogP contribution in [0.3, 0.4) is 0 Å². The number of aromatic nitrogens is 3. The van der Waals surface area contributed by atoms with Gasteiger partial charge in [-0.1, -0.05) is 279 Å². The molecule has 0 saturated carbocycles. The molecule has 3 aromatic heterocycles. The van der Waals surface area contributed by atoms with Crippen molar-refractivity contribution in [2.75, 3.05) is 14.5 Å². The van der Waals surface area contributed by atoms with Crippen molar-refractivity contribution in [3.63, 3.8) is 0 Å². The van der Waals surface area contributed by atoms with E-state index in [2.05, 4.69) is 412 Å². The lowest BCUT2D eigenvalue weighted by Gasteiger charge is -2.50. The molecular weight excluding hydrogens is 1320 g/mol. The van der Waals surface area contributed by atoms with Gasteiger partial charge in [0.15, 0.2) is 0 Å². The van der Waals surface area contributed by atoms with E-state index in [-0.39, 0.29) is 13.7 Å². The zero-order chi connectivity index (χ0) is 71.4. The summed E-state index contributed by atoms with van der Waals surface area (Å²) in [6, 6.07) is 140. The highest BCUT2D eigenvalue weighted by Gasteiger charge is 2.53. The third-order valence-corrected chi connectivity index (χ3v) is 23.4. The lowest BCUT2D eigenvalue weighted by atomic mass is 9.32. The van der Waals surface area contributed by atoms with Crippen molar-refractivity contribution in [2.24, 2.45) is 0 Å². The molecule has 0 aliphatic carbocycles. The minimum atomic E-state index is -0.258. The number of para-hydroxylation sites is 4. The molecule has 0 bridgehead atoms. The van der Waals surface area contributed by atoms with Crippen molar-refractivity contribution in [2.45, 2.75) is 0 Å². The Kier molecular flexibility index (Phi) is 13.6. The Balaban J connectivity index is 0.824. The number of nitrogens with zero attached hydrogens (tertiary/aromatic N) is 6. The lowest BCUT2D eigenvalue weighted by molar-refractivity contribution is 1.16. The Morgan fingerprint density at radius 1 is 0.229 bits per heavy atom. The van der Waals surface area contributed by atoms with Gasteiger partial charge < -0.3 is 23.7 Å². The molecule has 0 saturated heterocycles. The lowest BCUT2D eigenvalue weighted by Crippen LogP contribution is -2.74. The molecule has 4 aliphatic heterocycles. The van der Waals surface area contributed by atoms with Crippen LogP contribution in [0.25, 0.3) is 144 Å². The monoisotopic (exact) mass is 1380 g/mol. The van der Waals surface area contributed by atoms with E-state index < -0.39 is 0 Å². The van der Waals surface area contributed by atoms with Gasteiger partial charge in [-0.3, -0.25) is 4.98 Å². The van der Waals surface area contributed by atoms with Crippen LogP contribution in [0.1, 0.15) is 0 Å². The molecule has 504 valence electrons. The molecular formula is C101H64B2N6. The summed E-state index contributed by atoms with van der Waals surface area (Å²) in [4.78, 5) is 10.6. The first-order valence-electron chi connectivity index (χ1n) is 37.7. The van der Waals surface area contributed by atoms with Gasteiger partial charge in [0.05, 0.1) is 22.1 Å². The molecule has 0 amide bonds. The quantitative estimate of drug-likeness (QED) is 0.114. The maximum absolute atomic E-state index is 5.55. The summed E-state index contributed by atoms with van der Waals surface area (Å²) in [5.41, 5.74) is 37.9. The minimum Gasteiger partial charge on any atom is -0.444 e. The van der Waals surface area contributed by atoms with Gasteiger partial charge in [-0.2, -0.15) is 0 Å². The SMILES string of the molecule is c1ccc(-c2ccc(N(c3cc(-c4ccccc4)cc(-c4ccccc4)c3)c3cc4c5c(c3)-n3c6ccccc6c6cccc(c63)B5N3B5c6c(cc(N(c7ccc(-c8ccccc8)cc7)c7cc(-c8ccccc8)cc(-c8ccccc8)c7)cc6-n6c7ccccc7c7cccc5c76)-c5cncc-4c53)cc2)cc1. The Labute approximate surface area is 632 Å². The van der Waals surface area contributed by atoms with E-state index in [1.165, 1.54) is 82.3 Å². The largest absolute Gasteiger partial charge is 0.444 e. The minimum absolute atomic E-state index is 0.258. The van der Waals surface area contributed by atoms with Gasteiger partial charge in [0.25, 0.3) is 0 Å². The molecule has 0 unspecified atom stereocenters. The van der Waals surface area contributed by atoms with Crippen LogP contribution in [0.2, 0.25) is 0 Å². The Morgan fingerprint density at radius 2 is 0.532 bits per heavy atom. The van der Waals surface area contributed by atoms with E-state index in [4.69, 9.17) is 4.98 Å². The molecule has 16 aromatic carbocycles. The van der Waals surface area contributed by atoms with E-state index in [9.17, 15) is 0 Å². The second-order valence-electron chi connectivity index (χ2n) is 29.3. The third-order valence-electron chi connectivity index (χ3n) is 23.4. The van der Waals surface area contributed by atoms with E-state index in [1.54, 1.807) is 0 Å². The average Bonchev–Trinajstić information content (AvgIpc) is 1.64. The summed E-state index contributed by atoms with van der Waals surface area (Å²) in [7, 11) is 0. The highest BCUT2D eigenvalue weighted by molar-refractivity contribution is 7.09. The standard InChI is InChI=1S/C101H64B2N6/c1-7-25-65(26-8-1)71-45-49-77(50-46-71)105(79-55-73(67-29-11-3-12-30-67)53-74(56-79)68-31-13-4-14-32-68)81-59-87-89-63-104-64-90-88-60-82(106(78-51-47-72(48-52-78)66-27-9-2-10-28-66)80-57-75(69-33-15-5-16-34-69)54-76(58-80)70-35-17-6-18-36-70)62-96-98(88)103(92-42-24-40-86-84-38-20-22-44-94(84)108(96)101(86)92)109(99(89)90)102-91-41-23-39-85-83-37-19-21-43-93(83)107(100(85)91)95(61-81)97(87)102/h1-64H. The van der Waals surface area contributed by atoms with Crippen molar-refractivity contribution in [3.05, 3.63) is 389 Å². The maximum atomic E-state index is 5.55. The number of pyridine rings is 1. The van der Waals surface area contributed by atoms with Crippen LogP contribution in [0.4, 0.5) is 39.8 Å². The van der Waals surface area contributed by atoms with Crippen molar-refractivity contribution in [1.82, 2.24) is 14.1 Å². The van der Waals surface area contributed by atoms with Crippen molar-refractivity contribution in [1.29, 1.82) is 0 Å². The highest BCUT2D eigenvalue weighted by atomic mass is 15.2. The molecule has 6 nitrogen and oxygen atoms in total. The van der Waals surface area contributed by atoms with Gasteiger partial charge in [-0.15, -0.1) is 0 Å². The van der Waals surface area contributed by atoms with Crippen molar-refractivity contribution < 1.29 is 0 Å². The van der Waals surface area contributed by atoms with Crippen LogP contribution in [-0.4, -0.2) is 27.8 Å². The summed E-state index contributed by atoms with van der Waals surface area (Å²) < 4.78 is 8.08. The summed E-state index contributed by atoms with van der Waals surface area (Å²) in [5, 5.41) is 4.92. The van der Waals surface area contributed by atoms with E-state index in [1.807, 2.05) is 0 Å². The number of rotatable bonds is 12. The third kappa shape index (κ3) is 9.41. The van der Waals surface area contributed by atoms with Crippen LogP contribution in [0.15, 0.2) is 389 Å². The molecule has 23 rings (SSSR count). The smallest absolute Gasteiger partial charge is 0.316 e. The molecule has 0 atom stereocenters. The molecule has 0 spiro atoms. The number of benzene rings is 16. The first kappa shape index (κ1) is 61.1. The summed E-state index contributed by atoms with van der Waals surface area (Å²) in [6.45, 7) is -0.516. The highest BCUT2D eigenvalue weighted by Crippen LogP contribution is 2.54. The maximum Gasteiger partial charge on any atom is 0.316 e. The predicted octanol–water partition coefficient (Wildman–Crippen LogP) is 23.2. The van der Waals surface area contributed by atoms with Crippen LogP contribution in [-0.2, 0) is 0 Å². The topological polar surface area (TPSA) is 32.5 Å². The van der Waals surface area contributed by atoms with Gasteiger partial charge in [0.1, 0.15) is 0 Å². The number of hydrogen-bond donors (Lipinski definition) is 0. The van der Waals surface area contributed by atoms with Crippen LogP contribution >= 0.6 is 0 Å². The fourth-order valence-electron chi connectivity index (χ4n) is 18.8. The normalized spacial score (nSPS) is 12.5. The van der Waals surface area contributed by atoms with Crippen LogP contribution in [0, 0.1) is 0 Å². The van der Waals surface area contributed by atoms with E-state index in [0.29, 0.717) is 0 Å². The second-order valence-corrected chi connectivity index (χ2v) is 29.3. The number of hydrogen-bond acceptors (Lipinski definition) is 4. The van der Waals surface area contributed by atoms with E-state index >= 15 is 0 Å². The Bertz CT molecular complexity index is 6380. The molecule has 109 heavy (non-hydrogen) atoms. The molecule has 8 heteroatoms. The fourth-order valence-corrected chi connectivity index (χ4v) is 18.8. The second kappa shape index (κ2) is 24.2. The predicted molar refractivity (Wildman–Crippen MR) is 458 cm³/mol. The van der Waals surface area contributed by atoms with Crippen molar-refractivity contribution >= 4 is 119 Å². The average molecular weight is 1380 g/mol. The molecule has 19 aromatic rings. The molecule has 7 heterocycles. The summed E-state index contributed by atoms with van der Waals surface area (Å²) >= 11 is 0. The van der Waals surface area contributed by atoms with Crippen LogP contribution in [0.5, 0.6) is 0 Å². The van der Waals surface area contributed by atoms with Gasteiger partial charge in [0, 0.05) is 96.3 Å². The summed E-state index contributed by atoms with van der Waals surface area (Å²) in [5.74, 6) is 0. The number of fused-ring (bicyclic) bond motifs is 14. The molecule has 0 radical (unpaired) electrons. The first-order chi connectivity index (χ1) is 54.1. The molecule has 4 aliphatic rings. The van der Waals surface area contributed by atoms with Gasteiger partial charge in [-0.25, -0.2) is 0 Å². The first-order valence-corrected chi connectivity index (χ1v) is 37.7. The van der Waals surface area contributed by atoms with Gasteiger partial charge in [0.2, 0.25) is 0 Å². The van der Waals surface area contributed by atoms with Crippen molar-refractivity contribution in [3.8, 4) is 100 Å². The number of anilines is 7. The van der Waals surface area contributed by atoms with Gasteiger partial charge in [-0.05, 0) is 197 Å². The summed E-state index contributed by atoms with van der Waals surface area (Å²) in [6.07, 6.45) is 4.37. The van der Waals surface area contributed by atoms with Crippen LogP contribution < -0.4 is 36.4 Å². The Hall–Kier alpha value is -14.2. The van der Waals surface area contributed by atoms with E-state index in [0.717, 1.165) is 123 Å². The fraction of sp³-hybridized carbons (Fsp3) is 0.